The van der Waals surface area contributed by atoms with Gasteiger partial charge in [0.15, 0.2) is 5.69 Å². The summed E-state index contributed by atoms with van der Waals surface area (Å²) >= 11 is 0. The Balaban J connectivity index is 2.16. The smallest absolute Gasteiger partial charge is 0.274 e. The topological polar surface area (TPSA) is 71.2 Å². The van der Waals surface area contributed by atoms with Gasteiger partial charge in [0.1, 0.15) is 5.75 Å². The summed E-state index contributed by atoms with van der Waals surface area (Å²) in [5.74, 6) is 0.562. The number of nitrogens with zero attached hydrogens (tertiary/aromatic N) is 4. The molecule has 6 nitrogen and oxygen atoms in total. The summed E-state index contributed by atoms with van der Waals surface area (Å²) in [4.78, 5) is 13.9. The molecule has 0 aliphatic heterocycles. The van der Waals surface area contributed by atoms with Crippen LogP contribution in [0.5, 0.6) is 5.75 Å². The van der Waals surface area contributed by atoms with E-state index in [0.29, 0.717) is 12.1 Å². The van der Waals surface area contributed by atoms with Gasteiger partial charge in [0.05, 0.1) is 25.3 Å². The standard InChI is InChI=1S/C16H18N4O2/c1-12(8-10-17)19(2)16(21)15-9-11-20(18-15)13-4-6-14(22-3)7-5-13/h4-7,9,11-12H,8H2,1-3H3. The van der Waals surface area contributed by atoms with Crippen molar-refractivity contribution in [2.24, 2.45) is 0 Å². The molecule has 2 aromatic rings. The van der Waals surface area contributed by atoms with Crippen molar-refractivity contribution in [3.63, 3.8) is 0 Å². The molecule has 1 atom stereocenters. The number of hydrogen-bond donors (Lipinski definition) is 0. The van der Waals surface area contributed by atoms with Crippen LogP contribution in [0.4, 0.5) is 0 Å². The quantitative estimate of drug-likeness (QED) is 0.849. The normalized spacial score (nSPS) is 11.5. The molecule has 1 aromatic carbocycles. The minimum Gasteiger partial charge on any atom is -0.497 e. The highest BCUT2D eigenvalue weighted by Gasteiger charge is 2.19. The molecule has 0 spiro atoms. The summed E-state index contributed by atoms with van der Waals surface area (Å²) in [6.45, 7) is 1.83. The average molecular weight is 298 g/mol. The third-order valence-corrected chi connectivity index (χ3v) is 3.51. The van der Waals surface area contributed by atoms with Crippen LogP contribution in [0.25, 0.3) is 5.69 Å². The Kier molecular flexibility index (Phi) is 4.79. The molecule has 2 rings (SSSR count). The third kappa shape index (κ3) is 3.26. The molecule has 6 heteroatoms. The summed E-state index contributed by atoms with van der Waals surface area (Å²) in [6, 6.07) is 11.0. The third-order valence-electron chi connectivity index (χ3n) is 3.51. The van der Waals surface area contributed by atoms with E-state index >= 15 is 0 Å². The van der Waals surface area contributed by atoms with Gasteiger partial charge < -0.3 is 9.64 Å². The van der Waals surface area contributed by atoms with Crippen LogP contribution in [0.2, 0.25) is 0 Å². The van der Waals surface area contributed by atoms with Gasteiger partial charge in [-0.15, -0.1) is 0 Å². The summed E-state index contributed by atoms with van der Waals surface area (Å²) in [6.07, 6.45) is 2.03. The number of ether oxygens (including phenoxy) is 1. The highest BCUT2D eigenvalue weighted by atomic mass is 16.5. The van der Waals surface area contributed by atoms with Crippen LogP contribution in [-0.4, -0.2) is 40.8 Å². The fourth-order valence-corrected chi connectivity index (χ4v) is 1.97. The summed E-state index contributed by atoms with van der Waals surface area (Å²) < 4.78 is 6.75. The average Bonchev–Trinajstić information content (AvgIpc) is 3.03. The number of aromatic nitrogens is 2. The molecule has 0 fully saturated rings. The van der Waals surface area contributed by atoms with Crippen LogP contribution < -0.4 is 4.74 Å². The van der Waals surface area contributed by atoms with Crippen LogP contribution in [-0.2, 0) is 0 Å². The molecule has 1 aromatic heterocycles. The van der Waals surface area contributed by atoms with Crippen molar-refractivity contribution < 1.29 is 9.53 Å². The lowest BCUT2D eigenvalue weighted by Gasteiger charge is -2.21. The van der Waals surface area contributed by atoms with Crippen LogP contribution in [0.3, 0.4) is 0 Å². The number of methoxy groups -OCH3 is 1. The van der Waals surface area contributed by atoms with Crippen molar-refractivity contribution in [1.82, 2.24) is 14.7 Å². The molecular weight excluding hydrogens is 280 g/mol. The largest absolute Gasteiger partial charge is 0.497 e. The van der Waals surface area contributed by atoms with E-state index in [1.54, 1.807) is 31.1 Å². The Morgan fingerprint density at radius 2 is 2.09 bits per heavy atom. The first kappa shape index (κ1) is 15.6. The van der Waals surface area contributed by atoms with Gasteiger partial charge in [0.25, 0.3) is 5.91 Å². The SMILES string of the molecule is COc1ccc(-n2ccc(C(=O)N(C)C(C)CC#N)n2)cc1. The highest BCUT2D eigenvalue weighted by Crippen LogP contribution is 2.15. The molecule has 0 saturated heterocycles. The van der Waals surface area contributed by atoms with Crippen molar-refractivity contribution >= 4 is 5.91 Å². The van der Waals surface area contributed by atoms with E-state index in [1.807, 2.05) is 31.2 Å². The molecule has 1 unspecified atom stereocenters. The van der Waals surface area contributed by atoms with Gasteiger partial charge in [-0.1, -0.05) is 0 Å². The van der Waals surface area contributed by atoms with Gasteiger partial charge in [0.2, 0.25) is 0 Å². The lowest BCUT2D eigenvalue weighted by atomic mass is 10.2. The predicted molar refractivity (Wildman–Crippen MR) is 81.9 cm³/mol. The molecule has 114 valence electrons. The molecule has 0 aliphatic carbocycles. The maximum atomic E-state index is 12.3. The number of carbonyl (C=O) groups is 1. The van der Waals surface area contributed by atoms with Gasteiger partial charge in [0, 0.05) is 19.3 Å². The Hall–Kier alpha value is -2.81. The van der Waals surface area contributed by atoms with Crippen LogP contribution in [0.15, 0.2) is 36.5 Å². The van der Waals surface area contributed by atoms with Gasteiger partial charge in [-0.25, -0.2) is 4.68 Å². The maximum Gasteiger partial charge on any atom is 0.274 e. The molecule has 0 aliphatic rings. The second kappa shape index (κ2) is 6.76. The van der Waals surface area contributed by atoms with Gasteiger partial charge in [-0.2, -0.15) is 10.4 Å². The molecule has 0 saturated carbocycles. The first-order valence-electron chi connectivity index (χ1n) is 6.91. The number of carbonyl (C=O) groups excluding carboxylic acids is 1. The Morgan fingerprint density at radius 1 is 1.41 bits per heavy atom. The van der Waals surface area contributed by atoms with E-state index in [-0.39, 0.29) is 11.9 Å². The summed E-state index contributed by atoms with van der Waals surface area (Å²) in [5, 5.41) is 13.0. The molecule has 0 bridgehead atoms. The van der Waals surface area contributed by atoms with E-state index in [1.165, 1.54) is 4.90 Å². The van der Waals surface area contributed by atoms with E-state index in [9.17, 15) is 4.79 Å². The van der Waals surface area contributed by atoms with Crippen LogP contribution in [0, 0.1) is 11.3 Å². The zero-order chi connectivity index (χ0) is 16.1. The second-order valence-corrected chi connectivity index (χ2v) is 4.97. The Morgan fingerprint density at radius 3 is 2.68 bits per heavy atom. The van der Waals surface area contributed by atoms with Gasteiger partial charge in [-0.3, -0.25) is 4.79 Å². The molecule has 0 N–H and O–H groups in total. The Bertz CT molecular complexity index is 685. The van der Waals surface area contributed by atoms with Crippen molar-refractivity contribution in [2.75, 3.05) is 14.2 Å². The summed E-state index contributed by atoms with van der Waals surface area (Å²) in [5.41, 5.74) is 1.19. The van der Waals surface area contributed by atoms with E-state index in [0.717, 1.165) is 11.4 Å². The van der Waals surface area contributed by atoms with Crippen molar-refractivity contribution in [3.05, 3.63) is 42.2 Å². The zero-order valence-electron chi connectivity index (χ0n) is 12.9. The van der Waals surface area contributed by atoms with Gasteiger partial charge in [-0.05, 0) is 37.3 Å². The van der Waals surface area contributed by atoms with Crippen LogP contribution in [0.1, 0.15) is 23.8 Å². The number of nitriles is 1. The zero-order valence-corrected chi connectivity index (χ0v) is 12.9. The minimum atomic E-state index is -0.199. The van der Waals surface area contributed by atoms with E-state index in [2.05, 4.69) is 11.2 Å². The monoisotopic (exact) mass is 298 g/mol. The summed E-state index contributed by atoms with van der Waals surface area (Å²) in [7, 11) is 3.29. The molecule has 1 amide bonds. The fraction of sp³-hybridized carbons (Fsp3) is 0.312. The number of hydrogen-bond acceptors (Lipinski definition) is 4. The van der Waals surface area contributed by atoms with Crippen molar-refractivity contribution in [1.29, 1.82) is 5.26 Å². The first-order chi connectivity index (χ1) is 10.6. The lowest BCUT2D eigenvalue weighted by molar-refractivity contribution is 0.0740. The van der Waals surface area contributed by atoms with Gasteiger partial charge >= 0.3 is 0 Å². The lowest BCUT2D eigenvalue weighted by Crippen LogP contribution is -2.35. The van der Waals surface area contributed by atoms with Crippen molar-refractivity contribution in [3.8, 4) is 17.5 Å². The number of benzene rings is 1. The number of rotatable bonds is 5. The fourth-order valence-electron chi connectivity index (χ4n) is 1.97. The molecule has 0 radical (unpaired) electrons. The molecule has 1 heterocycles. The predicted octanol–water partition coefficient (Wildman–Crippen LogP) is 2.26. The molecular formula is C16H18N4O2. The maximum absolute atomic E-state index is 12.3. The molecule has 22 heavy (non-hydrogen) atoms. The number of amides is 1. The van der Waals surface area contributed by atoms with Crippen molar-refractivity contribution in [2.45, 2.75) is 19.4 Å². The van der Waals surface area contributed by atoms with Crippen LogP contribution >= 0.6 is 0 Å². The minimum absolute atomic E-state index is 0.149. The highest BCUT2D eigenvalue weighted by molar-refractivity contribution is 5.92. The second-order valence-electron chi connectivity index (χ2n) is 4.97. The Labute approximate surface area is 129 Å². The first-order valence-corrected chi connectivity index (χ1v) is 6.91. The van der Waals surface area contributed by atoms with E-state index < -0.39 is 0 Å². The van der Waals surface area contributed by atoms with E-state index in [4.69, 9.17) is 10.00 Å².